The molecule has 128 valence electrons. The lowest BCUT2D eigenvalue weighted by atomic mass is 10.0. The molecule has 0 N–H and O–H groups in total. The van der Waals surface area contributed by atoms with Gasteiger partial charge in [-0.25, -0.2) is 4.79 Å². The first-order chi connectivity index (χ1) is 11.6. The van der Waals surface area contributed by atoms with Crippen molar-refractivity contribution in [3.63, 3.8) is 0 Å². The summed E-state index contributed by atoms with van der Waals surface area (Å²) in [6.45, 7) is 7.52. The monoisotopic (exact) mass is 329 g/mol. The minimum Gasteiger partial charge on any atom is -0.378 e. The van der Waals surface area contributed by atoms with E-state index in [1.807, 2.05) is 15.9 Å². The van der Waals surface area contributed by atoms with Gasteiger partial charge in [0.15, 0.2) is 5.58 Å². The van der Waals surface area contributed by atoms with Gasteiger partial charge < -0.3 is 19.1 Å². The molecule has 2 aliphatic heterocycles. The van der Waals surface area contributed by atoms with E-state index in [4.69, 9.17) is 9.26 Å². The number of aromatic nitrogens is 1. The van der Waals surface area contributed by atoms with Gasteiger partial charge >= 0.3 is 6.03 Å². The first-order valence-electron chi connectivity index (χ1n) is 8.65. The molecule has 2 aromatic rings. The van der Waals surface area contributed by atoms with E-state index < -0.39 is 0 Å². The summed E-state index contributed by atoms with van der Waals surface area (Å²) in [6, 6.07) is 4.26. The number of likely N-dealkylation sites (tertiary alicyclic amines) is 1. The molecule has 2 fully saturated rings. The molecule has 0 bridgehead atoms. The van der Waals surface area contributed by atoms with E-state index in [0.29, 0.717) is 26.3 Å². The third-order valence-corrected chi connectivity index (χ3v) is 5.21. The van der Waals surface area contributed by atoms with Crippen molar-refractivity contribution in [2.24, 2.45) is 0 Å². The second kappa shape index (κ2) is 6.09. The molecule has 4 rings (SSSR count). The summed E-state index contributed by atoms with van der Waals surface area (Å²) in [6.07, 6.45) is 1.94. The third-order valence-electron chi connectivity index (χ3n) is 5.21. The molecule has 0 spiro atoms. The lowest BCUT2D eigenvalue weighted by molar-refractivity contribution is 0.0420. The Labute approximate surface area is 141 Å². The summed E-state index contributed by atoms with van der Waals surface area (Å²) in [5, 5.41) is 5.36. The Morgan fingerprint density at radius 3 is 2.71 bits per heavy atom. The number of urea groups is 1. The zero-order chi connectivity index (χ0) is 16.7. The zero-order valence-corrected chi connectivity index (χ0v) is 14.2. The molecule has 6 nitrogen and oxygen atoms in total. The number of hydrogen-bond donors (Lipinski definition) is 0. The van der Waals surface area contributed by atoms with Crippen molar-refractivity contribution in [2.45, 2.75) is 32.7 Å². The number of benzene rings is 1. The molecule has 24 heavy (non-hydrogen) atoms. The maximum absolute atomic E-state index is 12.9. The number of fused-ring (bicyclic) bond motifs is 1. The number of rotatable bonds is 1. The highest BCUT2D eigenvalue weighted by Crippen LogP contribution is 2.36. The first-order valence-corrected chi connectivity index (χ1v) is 8.65. The molecular weight excluding hydrogens is 306 g/mol. The van der Waals surface area contributed by atoms with Crippen molar-refractivity contribution in [3.8, 4) is 0 Å². The average Bonchev–Trinajstić information content (AvgIpc) is 3.22. The maximum Gasteiger partial charge on any atom is 0.320 e. The van der Waals surface area contributed by atoms with Crippen molar-refractivity contribution in [1.82, 2.24) is 15.0 Å². The Bertz CT molecular complexity index is 764. The quantitative estimate of drug-likeness (QED) is 0.807. The van der Waals surface area contributed by atoms with E-state index in [0.717, 1.165) is 36.0 Å². The summed E-state index contributed by atoms with van der Waals surface area (Å²) >= 11 is 0. The van der Waals surface area contributed by atoms with Gasteiger partial charge in [-0.1, -0.05) is 5.16 Å². The van der Waals surface area contributed by atoms with E-state index >= 15 is 0 Å². The largest absolute Gasteiger partial charge is 0.378 e. The molecule has 3 heterocycles. The van der Waals surface area contributed by atoms with Gasteiger partial charge in [0, 0.05) is 25.0 Å². The number of aryl methyl sites for hydroxylation is 2. The molecule has 0 radical (unpaired) electrons. The van der Waals surface area contributed by atoms with Crippen LogP contribution >= 0.6 is 0 Å². The highest BCUT2D eigenvalue weighted by molar-refractivity contribution is 5.83. The molecule has 2 amide bonds. The van der Waals surface area contributed by atoms with Crippen molar-refractivity contribution >= 4 is 17.0 Å². The Morgan fingerprint density at radius 2 is 1.92 bits per heavy atom. The van der Waals surface area contributed by atoms with Crippen LogP contribution in [0.25, 0.3) is 11.0 Å². The van der Waals surface area contributed by atoms with Crippen LogP contribution in [0.4, 0.5) is 4.79 Å². The molecule has 0 unspecified atom stereocenters. The van der Waals surface area contributed by atoms with E-state index in [1.54, 1.807) is 0 Å². The van der Waals surface area contributed by atoms with Gasteiger partial charge in [0.1, 0.15) is 5.69 Å². The van der Waals surface area contributed by atoms with Crippen molar-refractivity contribution in [1.29, 1.82) is 0 Å². The van der Waals surface area contributed by atoms with Crippen LogP contribution in [0.15, 0.2) is 16.7 Å². The molecule has 1 atom stereocenters. The van der Waals surface area contributed by atoms with E-state index in [1.165, 1.54) is 11.1 Å². The number of hydrogen-bond acceptors (Lipinski definition) is 4. The second-order valence-corrected chi connectivity index (χ2v) is 6.73. The van der Waals surface area contributed by atoms with Gasteiger partial charge in [0.2, 0.25) is 0 Å². The normalized spacial score (nSPS) is 21.7. The first kappa shape index (κ1) is 15.4. The standard InChI is InChI=1S/C18H23N3O3/c1-12-10-14-16(11-13(12)2)24-19-17(14)15-4-3-5-21(15)18(22)20-6-8-23-9-7-20/h10-11,15H,3-9H2,1-2H3/t15-/m1/s1. The zero-order valence-electron chi connectivity index (χ0n) is 14.2. The van der Waals surface area contributed by atoms with Crippen molar-refractivity contribution in [2.75, 3.05) is 32.8 Å². The lowest BCUT2D eigenvalue weighted by Crippen LogP contribution is -2.47. The number of carbonyl (C=O) groups excluding carboxylic acids is 1. The lowest BCUT2D eigenvalue weighted by Gasteiger charge is -2.33. The minimum absolute atomic E-state index is 0.00343. The van der Waals surface area contributed by atoms with E-state index in [2.05, 4.69) is 25.1 Å². The highest BCUT2D eigenvalue weighted by Gasteiger charge is 2.36. The predicted molar refractivity (Wildman–Crippen MR) is 90.0 cm³/mol. The van der Waals surface area contributed by atoms with Crippen LogP contribution in [0, 0.1) is 13.8 Å². The number of ether oxygens (including phenoxy) is 1. The van der Waals surface area contributed by atoms with Crippen LogP contribution in [0.1, 0.15) is 35.7 Å². The molecule has 2 saturated heterocycles. The smallest absolute Gasteiger partial charge is 0.320 e. The van der Waals surface area contributed by atoms with E-state index in [-0.39, 0.29) is 12.1 Å². The third kappa shape index (κ3) is 2.55. The summed E-state index contributed by atoms with van der Waals surface area (Å²) in [4.78, 5) is 16.7. The van der Waals surface area contributed by atoms with E-state index in [9.17, 15) is 4.79 Å². The van der Waals surface area contributed by atoms with Crippen LogP contribution in [0.2, 0.25) is 0 Å². The Balaban J connectivity index is 1.65. The Kier molecular flexibility index (Phi) is 3.92. The summed E-state index contributed by atoms with van der Waals surface area (Å²) in [5.41, 5.74) is 4.11. The maximum atomic E-state index is 12.9. The molecule has 2 aliphatic rings. The van der Waals surface area contributed by atoms with Crippen molar-refractivity contribution < 1.29 is 14.1 Å². The molecule has 6 heteroatoms. The average molecular weight is 329 g/mol. The number of amides is 2. The van der Waals surface area contributed by atoms with Crippen LogP contribution in [0.3, 0.4) is 0 Å². The molecule has 1 aromatic carbocycles. The van der Waals surface area contributed by atoms with Gasteiger partial charge in [-0.05, 0) is 49.9 Å². The predicted octanol–water partition coefficient (Wildman–Crippen LogP) is 3.03. The fraction of sp³-hybridized carbons (Fsp3) is 0.556. The van der Waals surface area contributed by atoms with Crippen LogP contribution in [-0.4, -0.2) is 53.8 Å². The second-order valence-electron chi connectivity index (χ2n) is 6.73. The van der Waals surface area contributed by atoms with Crippen LogP contribution < -0.4 is 0 Å². The number of nitrogens with zero attached hydrogens (tertiary/aromatic N) is 3. The van der Waals surface area contributed by atoms with Gasteiger partial charge in [0.05, 0.1) is 19.3 Å². The summed E-state index contributed by atoms with van der Waals surface area (Å²) < 4.78 is 10.9. The molecule has 1 aromatic heterocycles. The SMILES string of the molecule is Cc1cc2onc([C@H]3CCCN3C(=O)N3CCOCC3)c2cc1C. The van der Waals surface area contributed by atoms with Gasteiger partial charge in [0.25, 0.3) is 0 Å². The van der Waals surface area contributed by atoms with Crippen LogP contribution in [0.5, 0.6) is 0 Å². The molecular formula is C18H23N3O3. The van der Waals surface area contributed by atoms with Crippen molar-refractivity contribution in [3.05, 3.63) is 29.0 Å². The summed E-state index contributed by atoms with van der Waals surface area (Å²) in [5.74, 6) is 0. The van der Waals surface area contributed by atoms with Crippen LogP contribution in [-0.2, 0) is 4.74 Å². The van der Waals surface area contributed by atoms with Gasteiger partial charge in [-0.15, -0.1) is 0 Å². The summed E-state index contributed by atoms with van der Waals surface area (Å²) in [7, 11) is 0. The Hall–Kier alpha value is -2.08. The Morgan fingerprint density at radius 1 is 1.17 bits per heavy atom. The minimum atomic E-state index is 0.00343. The number of morpholine rings is 1. The molecule has 0 aliphatic carbocycles. The highest BCUT2D eigenvalue weighted by atomic mass is 16.5. The molecule has 0 saturated carbocycles. The fourth-order valence-corrected chi connectivity index (χ4v) is 3.67. The fourth-order valence-electron chi connectivity index (χ4n) is 3.67. The van der Waals surface area contributed by atoms with Gasteiger partial charge in [-0.3, -0.25) is 0 Å². The topological polar surface area (TPSA) is 58.8 Å². The number of carbonyl (C=O) groups is 1. The van der Waals surface area contributed by atoms with Gasteiger partial charge in [-0.2, -0.15) is 0 Å².